The molecule has 0 unspecified atom stereocenters. The average molecular weight is 497 g/mol. The summed E-state index contributed by atoms with van der Waals surface area (Å²) < 4.78 is 20.5. The van der Waals surface area contributed by atoms with Crippen LogP contribution in [0.25, 0.3) is 0 Å². The molecule has 0 saturated heterocycles. The zero-order valence-corrected chi connectivity index (χ0v) is 20.3. The predicted molar refractivity (Wildman–Crippen MR) is 141 cm³/mol. The van der Waals surface area contributed by atoms with E-state index in [-0.39, 0.29) is 6.42 Å². The minimum atomic E-state index is -1.74. The molecule has 0 bridgehead atoms. The predicted octanol–water partition coefficient (Wildman–Crippen LogP) is 6.05. The number of allylic oxidation sites excluding steroid dienone is 1. The van der Waals surface area contributed by atoms with Crippen molar-refractivity contribution in [3.05, 3.63) is 155 Å². The molecule has 2 N–H and O–H groups in total. The fraction of sp³-hybridized carbons (Fsp3) is 0.156. The number of carbonyl (C=O) groups is 1. The maximum absolute atomic E-state index is 14.6. The van der Waals surface area contributed by atoms with Crippen molar-refractivity contribution in [3.63, 3.8) is 0 Å². The van der Waals surface area contributed by atoms with Gasteiger partial charge in [-0.15, -0.1) is 0 Å². The number of ether oxygens (including phenoxy) is 1. The number of aliphatic hydroxyl groups excluding tert-OH is 1. The van der Waals surface area contributed by atoms with Gasteiger partial charge >= 0.3 is 5.97 Å². The lowest BCUT2D eigenvalue weighted by molar-refractivity contribution is -0.165. The van der Waals surface area contributed by atoms with Crippen LogP contribution in [0, 0.1) is 0 Å². The van der Waals surface area contributed by atoms with Gasteiger partial charge in [0.25, 0.3) is 0 Å². The van der Waals surface area contributed by atoms with Crippen LogP contribution in [-0.2, 0) is 21.6 Å². The molecule has 0 radical (unpaired) electrons. The third kappa shape index (κ3) is 6.39. The van der Waals surface area contributed by atoms with E-state index >= 15 is 0 Å². The normalized spacial score (nSPS) is 13.5. The van der Waals surface area contributed by atoms with Crippen LogP contribution >= 0.6 is 0 Å². The van der Waals surface area contributed by atoms with Crippen molar-refractivity contribution in [3.8, 4) is 0 Å². The summed E-state index contributed by atoms with van der Waals surface area (Å²) in [7, 11) is 0. The third-order valence-electron chi connectivity index (χ3n) is 6.21. The number of esters is 1. The highest BCUT2D eigenvalue weighted by atomic mass is 19.1. The largest absolute Gasteiger partial charge is 0.454 e. The molecule has 0 spiro atoms. The van der Waals surface area contributed by atoms with E-state index in [0.29, 0.717) is 16.7 Å². The highest BCUT2D eigenvalue weighted by molar-refractivity contribution is 5.71. The number of carbonyl (C=O) groups excluding carboxylic acids is 1. The van der Waals surface area contributed by atoms with E-state index in [2.05, 4.69) is 0 Å². The van der Waals surface area contributed by atoms with Crippen LogP contribution < -0.4 is 0 Å². The molecule has 2 atom stereocenters. The van der Waals surface area contributed by atoms with Crippen LogP contribution in [-0.4, -0.2) is 22.3 Å². The first-order valence-electron chi connectivity index (χ1n) is 12.1. The summed E-state index contributed by atoms with van der Waals surface area (Å²) in [6.07, 6.45) is -1.87. The molecule has 0 aromatic heterocycles. The smallest absolute Gasteiger partial charge is 0.309 e. The van der Waals surface area contributed by atoms with E-state index < -0.39 is 36.0 Å². The average Bonchev–Trinajstić information content (AvgIpc) is 2.96. The van der Waals surface area contributed by atoms with Crippen LogP contribution in [0.3, 0.4) is 0 Å². The van der Waals surface area contributed by atoms with Crippen molar-refractivity contribution < 1.29 is 24.1 Å². The first-order valence-corrected chi connectivity index (χ1v) is 12.1. The van der Waals surface area contributed by atoms with Crippen molar-refractivity contribution >= 4 is 5.97 Å². The number of rotatable bonds is 10. The SMILES string of the molecule is O=C(C[C@H](O)/C(F)=C/Cc1ccccc1)O[C@@H](c1ccccc1)C(O)(c1ccccc1)c1ccccc1. The molecule has 37 heavy (non-hydrogen) atoms. The monoisotopic (exact) mass is 496 g/mol. The van der Waals surface area contributed by atoms with E-state index in [4.69, 9.17) is 4.74 Å². The van der Waals surface area contributed by atoms with Gasteiger partial charge in [0, 0.05) is 0 Å². The Hall–Kier alpha value is -4.06. The number of aliphatic hydroxyl groups is 2. The molecule has 0 amide bonds. The van der Waals surface area contributed by atoms with Crippen LogP contribution in [0.1, 0.15) is 34.8 Å². The lowest BCUT2D eigenvalue weighted by Gasteiger charge is -2.37. The van der Waals surface area contributed by atoms with Crippen LogP contribution in [0.5, 0.6) is 0 Å². The van der Waals surface area contributed by atoms with Crippen molar-refractivity contribution in [2.24, 2.45) is 0 Å². The maximum atomic E-state index is 14.6. The molecular formula is C32H29FO4. The molecular weight excluding hydrogens is 467 g/mol. The molecule has 0 aliphatic carbocycles. The summed E-state index contributed by atoms with van der Waals surface area (Å²) in [5, 5.41) is 22.6. The minimum Gasteiger partial charge on any atom is -0.454 e. The fourth-order valence-electron chi connectivity index (χ4n) is 4.28. The molecule has 0 aliphatic heterocycles. The lowest BCUT2D eigenvalue weighted by Crippen LogP contribution is -2.38. The molecule has 4 nitrogen and oxygen atoms in total. The van der Waals surface area contributed by atoms with E-state index in [1.807, 2.05) is 48.5 Å². The van der Waals surface area contributed by atoms with Gasteiger partial charge in [-0.05, 0) is 34.8 Å². The van der Waals surface area contributed by atoms with Crippen molar-refractivity contribution in [2.45, 2.75) is 30.7 Å². The fourth-order valence-corrected chi connectivity index (χ4v) is 4.28. The summed E-state index contributed by atoms with van der Waals surface area (Å²) in [5.74, 6) is -1.65. The van der Waals surface area contributed by atoms with Crippen LogP contribution in [0.15, 0.2) is 133 Å². The standard InChI is InChI=1S/C32H29FO4/c33-28(22-21-24-13-5-1-6-14-24)29(34)23-30(35)37-31(25-15-7-2-8-16-25)32(36,26-17-9-3-10-18-26)27-19-11-4-12-20-27/h1-20,22,29,31,34,36H,21,23H2/b28-22-/t29-,31-/m0/s1. The van der Waals surface area contributed by atoms with Gasteiger partial charge in [0.1, 0.15) is 11.9 Å². The van der Waals surface area contributed by atoms with Gasteiger partial charge in [0.2, 0.25) is 0 Å². The molecule has 188 valence electrons. The first kappa shape index (κ1) is 26.0. The van der Waals surface area contributed by atoms with E-state index in [9.17, 15) is 19.4 Å². The Morgan fingerprint density at radius 1 is 0.784 bits per heavy atom. The van der Waals surface area contributed by atoms with Crippen LogP contribution in [0.4, 0.5) is 4.39 Å². The number of hydrogen-bond donors (Lipinski definition) is 2. The minimum absolute atomic E-state index is 0.285. The quantitative estimate of drug-likeness (QED) is 0.262. The highest BCUT2D eigenvalue weighted by Gasteiger charge is 2.44. The van der Waals surface area contributed by atoms with Gasteiger partial charge in [-0.1, -0.05) is 121 Å². The Balaban J connectivity index is 1.62. The Labute approximate surface area is 216 Å². The van der Waals surface area contributed by atoms with Gasteiger partial charge < -0.3 is 14.9 Å². The highest BCUT2D eigenvalue weighted by Crippen LogP contribution is 2.43. The third-order valence-corrected chi connectivity index (χ3v) is 6.21. The number of halogens is 1. The van der Waals surface area contributed by atoms with Crippen LogP contribution in [0.2, 0.25) is 0 Å². The number of hydrogen-bond acceptors (Lipinski definition) is 4. The molecule has 0 aliphatic rings. The molecule has 5 heteroatoms. The Morgan fingerprint density at radius 3 is 1.76 bits per heavy atom. The zero-order valence-electron chi connectivity index (χ0n) is 20.3. The molecule has 0 saturated carbocycles. The summed E-state index contributed by atoms with van der Waals surface area (Å²) in [6.45, 7) is 0. The second-order valence-electron chi connectivity index (χ2n) is 8.78. The second-order valence-corrected chi connectivity index (χ2v) is 8.78. The lowest BCUT2D eigenvalue weighted by atomic mass is 9.79. The zero-order chi connectivity index (χ0) is 26.1. The molecule has 0 heterocycles. The van der Waals surface area contributed by atoms with Gasteiger partial charge in [-0.25, -0.2) is 4.39 Å². The summed E-state index contributed by atoms with van der Waals surface area (Å²) in [4.78, 5) is 13.0. The number of benzene rings is 4. The molecule has 4 aromatic carbocycles. The summed E-state index contributed by atoms with van der Waals surface area (Å²) in [6, 6.07) is 36.1. The van der Waals surface area contributed by atoms with E-state index in [1.165, 1.54) is 6.08 Å². The molecule has 0 fully saturated rings. The maximum Gasteiger partial charge on any atom is 0.309 e. The summed E-state index contributed by atoms with van der Waals surface area (Å²) in [5.41, 5.74) is 0.745. The first-order chi connectivity index (χ1) is 18.0. The van der Waals surface area contributed by atoms with Gasteiger partial charge in [-0.2, -0.15) is 0 Å². The van der Waals surface area contributed by atoms with Gasteiger partial charge in [0.15, 0.2) is 11.7 Å². The van der Waals surface area contributed by atoms with Gasteiger partial charge in [0.05, 0.1) is 6.42 Å². The van der Waals surface area contributed by atoms with E-state index in [0.717, 1.165) is 5.56 Å². The van der Waals surface area contributed by atoms with Gasteiger partial charge in [-0.3, -0.25) is 4.79 Å². The molecule has 4 aromatic rings. The van der Waals surface area contributed by atoms with Crippen molar-refractivity contribution in [1.29, 1.82) is 0 Å². The Bertz CT molecular complexity index is 1250. The Morgan fingerprint density at radius 2 is 1.24 bits per heavy atom. The van der Waals surface area contributed by atoms with Crippen molar-refractivity contribution in [1.82, 2.24) is 0 Å². The van der Waals surface area contributed by atoms with E-state index in [1.54, 1.807) is 72.8 Å². The Kier molecular flexibility index (Phi) is 8.62. The van der Waals surface area contributed by atoms with Crippen molar-refractivity contribution in [2.75, 3.05) is 0 Å². The second kappa shape index (κ2) is 12.3. The molecule has 4 rings (SSSR count). The topological polar surface area (TPSA) is 66.8 Å². The summed E-state index contributed by atoms with van der Waals surface area (Å²) >= 11 is 0.